The molecular formula is C15H24N4O3. The Morgan fingerprint density at radius 1 is 1.55 bits per heavy atom. The van der Waals surface area contributed by atoms with Crippen molar-refractivity contribution in [3.63, 3.8) is 0 Å². The Bertz CT molecular complexity index is 515. The van der Waals surface area contributed by atoms with Crippen molar-refractivity contribution in [1.82, 2.24) is 19.8 Å². The Kier molecular flexibility index (Phi) is 5.18. The number of aromatic nitrogens is 2. The summed E-state index contributed by atoms with van der Waals surface area (Å²) in [6.45, 7) is 2.63. The van der Waals surface area contributed by atoms with Crippen LogP contribution in [-0.2, 0) is 20.7 Å². The third-order valence-electron chi connectivity index (χ3n) is 4.14. The number of H-pyrrole nitrogens is 1. The van der Waals surface area contributed by atoms with E-state index in [1.54, 1.807) is 17.4 Å². The quantitative estimate of drug-likeness (QED) is 0.791. The lowest BCUT2D eigenvalue weighted by Gasteiger charge is -2.30. The van der Waals surface area contributed by atoms with Crippen molar-refractivity contribution < 1.29 is 14.3 Å². The molecule has 1 aromatic heterocycles. The molecule has 3 atom stereocenters. The molecule has 2 heterocycles. The first-order chi connectivity index (χ1) is 10.4. The van der Waals surface area contributed by atoms with Gasteiger partial charge in [-0.2, -0.15) is 0 Å². The van der Waals surface area contributed by atoms with Gasteiger partial charge in [-0.25, -0.2) is 9.78 Å². The standard InChI is InChI=1S/C15H24N4O3/c1-10-5-13(15(21)22-4)19(8-10)14(20)12(18(2)3)6-11-7-16-9-17-11/h7,9-10,12-13H,5-6,8H2,1-4H3,(H,16,17)/t10-,12+,13-/m0/s1. The first-order valence-electron chi connectivity index (χ1n) is 7.46. The maximum absolute atomic E-state index is 12.9. The number of aromatic amines is 1. The fourth-order valence-corrected chi connectivity index (χ4v) is 2.94. The van der Waals surface area contributed by atoms with Crippen LogP contribution in [0.5, 0.6) is 0 Å². The first kappa shape index (κ1) is 16.5. The molecule has 7 heteroatoms. The van der Waals surface area contributed by atoms with E-state index in [9.17, 15) is 9.59 Å². The molecule has 1 aliphatic heterocycles. The molecule has 1 saturated heterocycles. The van der Waals surface area contributed by atoms with Crippen LogP contribution in [0.4, 0.5) is 0 Å². The van der Waals surface area contributed by atoms with Gasteiger partial charge in [0.1, 0.15) is 6.04 Å². The van der Waals surface area contributed by atoms with E-state index in [1.165, 1.54) is 7.11 Å². The highest BCUT2D eigenvalue weighted by Gasteiger charge is 2.41. The number of hydrogen-bond acceptors (Lipinski definition) is 5. The minimum atomic E-state index is -0.475. The summed E-state index contributed by atoms with van der Waals surface area (Å²) < 4.78 is 4.85. The van der Waals surface area contributed by atoms with Crippen LogP contribution in [0.1, 0.15) is 19.0 Å². The summed E-state index contributed by atoms with van der Waals surface area (Å²) >= 11 is 0. The van der Waals surface area contributed by atoms with Crippen molar-refractivity contribution in [2.24, 2.45) is 5.92 Å². The Morgan fingerprint density at radius 2 is 2.27 bits per heavy atom. The smallest absolute Gasteiger partial charge is 0.328 e. The number of nitrogens with zero attached hydrogens (tertiary/aromatic N) is 3. The van der Waals surface area contributed by atoms with Gasteiger partial charge in [-0.3, -0.25) is 9.69 Å². The van der Waals surface area contributed by atoms with Crippen LogP contribution in [0.25, 0.3) is 0 Å². The second-order valence-electron chi connectivity index (χ2n) is 6.13. The predicted molar refractivity (Wildman–Crippen MR) is 81.1 cm³/mol. The highest BCUT2D eigenvalue weighted by molar-refractivity contribution is 5.88. The van der Waals surface area contributed by atoms with Crippen LogP contribution in [0.15, 0.2) is 12.5 Å². The Hall–Kier alpha value is -1.89. The molecule has 1 N–H and O–H groups in total. The third kappa shape index (κ3) is 3.47. The van der Waals surface area contributed by atoms with Gasteiger partial charge in [0.2, 0.25) is 5.91 Å². The van der Waals surface area contributed by atoms with E-state index >= 15 is 0 Å². The summed E-state index contributed by atoms with van der Waals surface area (Å²) in [5.41, 5.74) is 0.897. The average Bonchev–Trinajstić information content (AvgIpc) is 3.12. The lowest BCUT2D eigenvalue weighted by Crippen LogP contribution is -2.51. The minimum Gasteiger partial charge on any atom is -0.467 e. The topological polar surface area (TPSA) is 78.5 Å². The molecule has 0 spiro atoms. The molecule has 0 aliphatic carbocycles. The highest BCUT2D eigenvalue weighted by Crippen LogP contribution is 2.25. The molecule has 1 fully saturated rings. The van der Waals surface area contributed by atoms with Gasteiger partial charge in [-0.15, -0.1) is 0 Å². The number of nitrogens with one attached hydrogen (secondary N) is 1. The van der Waals surface area contributed by atoms with Gasteiger partial charge in [0.05, 0.1) is 19.5 Å². The molecule has 1 amide bonds. The van der Waals surface area contributed by atoms with Gasteiger partial charge < -0.3 is 14.6 Å². The zero-order valence-electron chi connectivity index (χ0n) is 13.6. The van der Waals surface area contributed by atoms with Crippen LogP contribution in [0.2, 0.25) is 0 Å². The number of likely N-dealkylation sites (tertiary alicyclic amines) is 1. The number of ether oxygens (including phenoxy) is 1. The fraction of sp³-hybridized carbons (Fsp3) is 0.667. The summed E-state index contributed by atoms with van der Waals surface area (Å²) in [5, 5.41) is 0. The van der Waals surface area contributed by atoms with E-state index in [1.807, 2.05) is 25.9 Å². The second-order valence-corrected chi connectivity index (χ2v) is 6.13. The van der Waals surface area contributed by atoms with Crippen molar-refractivity contribution in [1.29, 1.82) is 0 Å². The number of methoxy groups -OCH3 is 1. The number of carbonyl (C=O) groups excluding carboxylic acids is 2. The number of carbonyl (C=O) groups is 2. The summed E-state index contributed by atoms with van der Waals surface area (Å²) in [6.07, 6.45) is 4.50. The normalized spacial score (nSPS) is 22.9. The summed E-state index contributed by atoms with van der Waals surface area (Å²) in [7, 11) is 5.10. The number of imidazole rings is 1. The molecule has 122 valence electrons. The monoisotopic (exact) mass is 308 g/mol. The van der Waals surface area contributed by atoms with Gasteiger partial charge in [0, 0.05) is 24.9 Å². The molecule has 22 heavy (non-hydrogen) atoms. The maximum Gasteiger partial charge on any atom is 0.328 e. The number of likely N-dealkylation sites (N-methyl/N-ethyl adjacent to an activating group) is 1. The van der Waals surface area contributed by atoms with E-state index < -0.39 is 6.04 Å². The highest BCUT2D eigenvalue weighted by atomic mass is 16.5. The average molecular weight is 308 g/mol. The van der Waals surface area contributed by atoms with Crippen LogP contribution in [0, 0.1) is 5.92 Å². The number of esters is 1. The van der Waals surface area contributed by atoms with Gasteiger partial charge >= 0.3 is 5.97 Å². The van der Waals surface area contributed by atoms with Crippen LogP contribution in [-0.4, -0.2) is 71.5 Å². The minimum absolute atomic E-state index is 0.0423. The molecule has 0 bridgehead atoms. The Morgan fingerprint density at radius 3 is 2.82 bits per heavy atom. The van der Waals surface area contributed by atoms with Crippen LogP contribution < -0.4 is 0 Å². The fourth-order valence-electron chi connectivity index (χ4n) is 2.94. The van der Waals surface area contributed by atoms with Gasteiger partial charge in [0.25, 0.3) is 0 Å². The number of hydrogen-bond donors (Lipinski definition) is 1. The molecule has 2 rings (SSSR count). The lowest BCUT2D eigenvalue weighted by molar-refractivity contribution is -0.152. The van der Waals surface area contributed by atoms with Gasteiger partial charge in [0.15, 0.2) is 0 Å². The Balaban J connectivity index is 2.16. The summed E-state index contributed by atoms with van der Waals surface area (Å²) in [5.74, 6) is -0.0842. The SMILES string of the molecule is COC(=O)[C@@H]1C[C@H](C)CN1C(=O)[C@@H](Cc1cnc[nH]1)N(C)C. The number of rotatable bonds is 5. The van der Waals surface area contributed by atoms with Crippen molar-refractivity contribution >= 4 is 11.9 Å². The van der Waals surface area contributed by atoms with Crippen LogP contribution >= 0.6 is 0 Å². The molecule has 0 saturated carbocycles. The third-order valence-corrected chi connectivity index (χ3v) is 4.14. The zero-order valence-corrected chi connectivity index (χ0v) is 13.6. The molecule has 0 unspecified atom stereocenters. The zero-order chi connectivity index (χ0) is 16.3. The van der Waals surface area contributed by atoms with Gasteiger partial charge in [-0.1, -0.05) is 6.92 Å². The molecule has 0 aromatic carbocycles. The van der Waals surface area contributed by atoms with Crippen LogP contribution in [0.3, 0.4) is 0 Å². The summed E-state index contributed by atoms with van der Waals surface area (Å²) in [4.78, 5) is 35.4. The Labute approximate surface area is 130 Å². The van der Waals surface area contributed by atoms with E-state index in [4.69, 9.17) is 4.74 Å². The van der Waals surface area contributed by atoms with Gasteiger partial charge in [-0.05, 0) is 26.4 Å². The van der Waals surface area contributed by atoms with E-state index in [0.717, 1.165) is 5.69 Å². The van der Waals surface area contributed by atoms with E-state index in [2.05, 4.69) is 9.97 Å². The second kappa shape index (κ2) is 6.91. The number of amides is 1. The predicted octanol–water partition coefficient (Wildman–Crippen LogP) is 0.292. The lowest BCUT2D eigenvalue weighted by atomic mass is 10.1. The molecule has 7 nitrogen and oxygen atoms in total. The largest absolute Gasteiger partial charge is 0.467 e. The van der Waals surface area contributed by atoms with Crippen molar-refractivity contribution in [3.05, 3.63) is 18.2 Å². The molecule has 1 aliphatic rings. The van der Waals surface area contributed by atoms with E-state index in [0.29, 0.717) is 25.3 Å². The van der Waals surface area contributed by atoms with E-state index in [-0.39, 0.29) is 17.9 Å². The maximum atomic E-state index is 12.9. The first-order valence-corrected chi connectivity index (χ1v) is 7.46. The van der Waals surface area contributed by atoms with Crippen molar-refractivity contribution in [2.75, 3.05) is 27.7 Å². The molecular weight excluding hydrogens is 284 g/mol. The van der Waals surface area contributed by atoms with Crippen molar-refractivity contribution in [2.45, 2.75) is 31.8 Å². The molecule has 1 aromatic rings. The van der Waals surface area contributed by atoms with Crippen molar-refractivity contribution in [3.8, 4) is 0 Å². The summed E-state index contributed by atoms with van der Waals surface area (Å²) in [6, 6.07) is -0.811. The molecule has 0 radical (unpaired) electrons.